The van der Waals surface area contributed by atoms with Gasteiger partial charge in [0.15, 0.2) is 0 Å². The number of carbonyl (C=O) groups excluding carboxylic acids is 1. The maximum atomic E-state index is 11.4. The first kappa shape index (κ1) is 10.7. The van der Waals surface area contributed by atoms with Crippen molar-refractivity contribution in [1.82, 2.24) is 14.9 Å². The Labute approximate surface area is 81.2 Å². The molecule has 0 saturated heterocycles. The van der Waals surface area contributed by atoms with Gasteiger partial charge in [-0.25, -0.2) is 4.98 Å². The van der Waals surface area contributed by atoms with E-state index in [0.717, 1.165) is 0 Å². The number of aromatic nitrogens is 2. The third kappa shape index (κ3) is 2.54. The third-order valence-electron chi connectivity index (χ3n) is 1.76. The van der Waals surface area contributed by atoms with Gasteiger partial charge in [-0.2, -0.15) is 0 Å². The van der Waals surface area contributed by atoms with E-state index in [0.29, 0.717) is 5.69 Å². The van der Waals surface area contributed by atoms with Gasteiger partial charge >= 0.3 is 0 Å². The lowest BCUT2D eigenvalue weighted by Crippen LogP contribution is -2.34. The first-order chi connectivity index (χ1) is 6.65. The Morgan fingerprint density at radius 2 is 2.50 bits per heavy atom. The Hall–Kier alpha value is -1.40. The number of amides is 1. The second-order valence-electron chi connectivity index (χ2n) is 2.94. The van der Waals surface area contributed by atoms with E-state index in [1.807, 2.05) is 0 Å². The number of imidazole rings is 1. The van der Waals surface area contributed by atoms with E-state index in [1.165, 1.54) is 12.5 Å². The Balaban J connectivity index is 2.47. The predicted molar refractivity (Wildman–Crippen MR) is 48.6 cm³/mol. The molecule has 6 nitrogen and oxygen atoms in total. The molecular weight excluding hydrogens is 186 g/mol. The number of nitrogens with zero attached hydrogens (tertiary/aromatic N) is 2. The lowest BCUT2D eigenvalue weighted by atomic mass is 10.3. The van der Waals surface area contributed by atoms with Crippen molar-refractivity contribution < 1.29 is 15.0 Å². The van der Waals surface area contributed by atoms with E-state index in [-0.39, 0.29) is 19.1 Å². The highest BCUT2D eigenvalue weighted by Gasteiger charge is 2.10. The van der Waals surface area contributed by atoms with Crippen LogP contribution >= 0.6 is 0 Å². The number of nitrogens with one attached hydrogen (secondary N) is 1. The first-order valence-corrected chi connectivity index (χ1v) is 4.18. The highest BCUT2D eigenvalue weighted by molar-refractivity contribution is 5.92. The van der Waals surface area contributed by atoms with Crippen LogP contribution in [-0.2, 0) is 7.05 Å². The summed E-state index contributed by atoms with van der Waals surface area (Å²) in [6.07, 6.45) is 2.02. The van der Waals surface area contributed by atoms with Crippen molar-refractivity contribution in [3.8, 4) is 0 Å². The molecular formula is C8H13N3O3. The van der Waals surface area contributed by atoms with Crippen LogP contribution in [0.15, 0.2) is 12.5 Å². The average molecular weight is 199 g/mol. The number of aliphatic hydroxyl groups is 2. The summed E-state index contributed by atoms with van der Waals surface area (Å²) in [7, 11) is 1.70. The highest BCUT2D eigenvalue weighted by atomic mass is 16.3. The predicted octanol–water partition coefficient (Wildman–Crippen LogP) is -1.50. The Morgan fingerprint density at radius 1 is 1.79 bits per heavy atom. The summed E-state index contributed by atoms with van der Waals surface area (Å²) < 4.78 is 1.57. The molecule has 6 heteroatoms. The van der Waals surface area contributed by atoms with Gasteiger partial charge in [0.25, 0.3) is 5.91 Å². The minimum Gasteiger partial charge on any atom is -0.394 e. The van der Waals surface area contributed by atoms with E-state index in [9.17, 15) is 4.79 Å². The quantitative estimate of drug-likeness (QED) is 0.551. The molecule has 1 amide bonds. The van der Waals surface area contributed by atoms with Crippen molar-refractivity contribution in [2.75, 3.05) is 13.2 Å². The van der Waals surface area contributed by atoms with Gasteiger partial charge in [-0.1, -0.05) is 0 Å². The van der Waals surface area contributed by atoms with E-state index in [1.54, 1.807) is 11.6 Å². The first-order valence-electron chi connectivity index (χ1n) is 4.18. The Morgan fingerprint density at radius 3 is 3.00 bits per heavy atom. The zero-order valence-electron chi connectivity index (χ0n) is 7.84. The summed E-state index contributed by atoms with van der Waals surface area (Å²) in [5.74, 6) is -0.322. The van der Waals surface area contributed by atoms with E-state index in [2.05, 4.69) is 10.3 Å². The zero-order chi connectivity index (χ0) is 10.6. The topological polar surface area (TPSA) is 87.4 Å². The molecule has 1 aromatic rings. The molecule has 1 rings (SSSR count). The molecule has 0 aromatic carbocycles. The average Bonchev–Trinajstić information content (AvgIpc) is 2.60. The van der Waals surface area contributed by atoms with Gasteiger partial charge in [-0.05, 0) is 0 Å². The largest absolute Gasteiger partial charge is 0.394 e. The van der Waals surface area contributed by atoms with Crippen molar-refractivity contribution in [3.63, 3.8) is 0 Å². The molecule has 1 heterocycles. The molecule has 3 N–H and O–H groups in total. The maximum Gasteiger partial charge on any atom is 0.269 e. The number of hydrogen-bond acceptors (Lipinski definition) is 4. The Kier molecular flexibility index (Phi) is 3.61. The third-order valence-corrected chi connectivity index (χ3v) is 1.76. The van der Waals surface area contributed by atoms with Crippen LogP contribution in [-0.4, -0.2) is 44.9 Å². The van der Waals surface area contributed by atoms with Gasteiger partial charge in [0.1, 0.15) is 5.69 Å². The molecule has 1 aromatic heterocycles. The van der Waals surface area contributed by atoms with Gasteiger partial charge in [0, 0.05) is 13.6 Å². The van der Waals surface area contributed by atoms with Crippen molar-refractivity contribution in [2.45, 2.75) is 6.10 Å². The summed E-state index contributed by atoms with van der Waals surface area (Å²) in [5.41, 5.74) is 0.412. The molecule has 0 fully saturated rings. The molecule has 14 heavy (non-hydrogen) atoms. The number of carbonyl (C=O) groups is 1. The molecule has 0 saturated carbocycles. The van der Waals surface area contributed by atoms with Crippen LogP contribution in [0.3, 0.4) is 0 Å². The second kappa shape index (κ2) is 4.73. The standard InChI is InChI=1S/C8H13N3O3/c1-11-5-9-3-7(11)8(14)10-2-6(13)4-12/h3,5-6,12-13H,2,4H2,1H3,(H,10,14). The summed E-state index contributed by atoms with van der Waals surface area (Å²) in [6, 6.07) is 0. The van der Waals surface area contributed by atoms with Crippen LogP contribution in [0.2, 0.25) is 0 Å². The molecule has 0 aliphatic rings. The van der Waals surface area contributed by atoms with Crippen molar-refractivity contribution in [3.05, 3.63) is 18.2 Å². The van der Waals surface area contributed by atoms with Crippen LogP contribution < -0.4 is 5.32 Å². The monoisotopic (exact) mass is 199 g/mol. The zero-order valence-corrected chi connectivity index (χ0v) is 7.84. The van der Waals surface area contributed by atoms with Crippen LogP contribution in [0.1, 0.15) is 10.5 Å². The lowest BCUT2D eigenvalue weighted by Gasteiger charge is -2.08. The van der Waals surface area contributed by atoms with E-state index >= 15 is 0 Å². The molecule has 1 unspecified atom stereocenters. The highest BCUT2D eigenvalue weighted by Crippen LogP contribution is 1.95. The lowest BCUT2D eigenvalue weighted by molar-refractivity contribution is 0.0796. The van der Waals surface area contributed by atoms with Crippen molar-refractivity contribution in [1.29, 1.82) is 0 Å². The molecule has 0 bridgehead atoms. The van der Waals surface area contributed by atoms with Crippen molar-refractivity contribution in [2.24, 2.45) is 7.05 Å². The van der Waals surface area contributed by atoms with E-state index in [4.69, 9.17) is 10.2 Å². The molecule has 1 atom stereocenters. The van der Waals surface area contributed by atoms with Gasteiger partial charge in [-0.15, -0.1) is 0 Å². The number of rotatable bonds is 4. The second-order valence-corrected chi connectivity index (χ2v) is 2.94. The van der Waals surface area contributed by atoms with Gasteiger partial charge < -0.3 is 20.1 Å². The molecule has 78 valence electrons. The minimum atomic E-state index is -0.924. The number of aliphatic hydroxyl groups excluding tert-OH is 2. The van der Waals surface area contributed by atoms with Crippen LogP contribution in [0.5, 0.6) is 0 Å². The summed E-state index contributed by atoms with van der Waals surface area (Å²) in [4.78, 5) is 15.2. The molecule has 0 spiro atoms. The van der Waals surface area contributed by atoms with Crippen LogP contribution in [0.25, 0.3) is 0 Å². The summed E-state index contributed by atoms with van der Waals surface area (Å²) in [6.45, 7) is -0.341. The maximum absolute atomic E-state index is 11.4. The minimum absolute atomic E-state index is 0.0283. The van der Waals surface area contributed by atoms with Crippen LogP contribution in [0.4, 0.5) is 0 Å². The van der Waals surface area contributed by atoms with E-state index < -0.39 is 6.10 Å². The summed E-state index contributed by atoms with van der Waals surface area (Å²) >= 11 is 0. The SMILES string of the molecule is Cn1cncc1C(=O)NCC(O)CO. The summed E-state index contributed by atoms with van der Waals surface area (Å²) in [5, 5.41) is 20.0. The van der Waals surface area contributed by atoms with Gasteiger partial charge in [-0.3, -0.25) is 4.79 Å². The normalized spacial score (nSPS) is 12.5. The van der Waals surface area contributed by atoms with Crippen LogP contribution in [0, 0.1) is 0 Å². The molecule has 0 radical (unpaired) electrons. The van der Waals surface area contributed by atoms with Gasteiger partial charge in [0.05, 0.1) is 25.2 Å². The Bertz CT molecular complexity index is 311. The molecule has 0 aliphatic carbocycles. The number of hydrogen-bond donors (Lipinski definition) is 3. The molecule has 0 aliphatic heterocycles. The fourth-order valence-corrected chi connectivity index (χ4v) is 0.942. The fourth-order valence-electron chi connectivity index (χ4n) is 0.942. The number of aryl methyl sites for hydroxylation is 1. The van der Waals surface area contributed by atoms with Gasteiger partial charge in [0.2, 0.25) is 0 Å². The fraction of sp³-hybridized carbons (Fsp3) is 0.500. The smallest absolute Gasteiger partial charge is 0.269 e. The van der Waals surface area contributed by atoms with Crippen molar-refractivity contribution >= 4 is 5.91 Å².